The number of hydrogen-bond acceptors (Lipinski definition) is 1. The van der Waals surface area contributed by atoms with Crippen molar-refractivity contribution in [2.45, 2.75) is 85.5 Å². The smallest absolute Gasteiger partial charge is 0.306 e. The molecule has 0 spiro atoms. The SMILES string of the molecule is CCCC(C)CCCC(CCC(C)CCC)C(=O)O. The number of aliphatic carboxylic acids is 1. The van der Waals surface area contributed by atoms with Gasteiger partial charge < -0.3 is 5.11 Å². The van der Waals surface area contributed by atoms with Crippen LogP contribution in [0.4, 0.5) is 0 Å². The van der Waals surface area contributed by atoms with E-state index < -0.39 is 5.97 Å². The Labute approximate surface area is 120 Å². The Morgan fingerprint density at radius 2 is 1.37 bits per heavy atom. The van der Waals surface area contributed by atoms with Gasteiger partial charge in [-0.25, -0.2) is 0 Å². The van der Waals surface area contributed by atoms with Gasteiger partial charge in [-0.05, 0) is 31.1 Å². The Morgan fingerprint density at radius 1 is 0.842 bits per heavy atom. The summed E-state index contributed by atoms with van der Waals surface area (Å²) in [4.78, 5) is 11.3. The molecule has 114 valence electrons. The highest BCUT2D eigenvalue weighted by Gasteiger charge is 2.18. The second-order valence-corrected chi connectivity index (χ2v) is 6.33. The summed E-state index contributed by atoms with van der Waals surface area (Å²) in [6.07, 6.45) is 9.97. The lowest BCUT2D eigenvalue weighted by Crippen LogP contribution is -2.15. The summed E-state index contributed by atoms with van der Waals surface area (Å²) in [5.74, 6) is 0.712. The highest BCUT2D eigenvalue weighted by molar-refractivity contribution is 5.69. The van der Waals surface area contributed by atoms with Crippen LogP contribution in [-0.4, -0.2) is 11.1 Å². The van der Waals surface area contributed by atoms with Crippen molar-refractivity contribution in [1.82, 2.24) is 0 Å². The monoisotopic (exact) mass is 270 g/mol. The first-order valence-electron chi connectivity index (χ1n) is 8.23. The predicted octanol–water partition coefficient (Wildman–Crippen LogP) is 5.51. The predicted molar refractivity (Wildman–Crippen MR) is 82.4 cm³/mol. The van der Waals surface area contributed by atoms with Crippen molar-refractivity contribution >= 4 is 5.97 Å². The van der Waals surface area contributed by atoms with E-state index in [9.17, 15) is 9.90 Å². The van der Waals surface area contributed by atoms with Crippen molar-refractivity contribution in [1.29, 1.82) is 0 Å². The lowest BCUT2D eigenvalue weighted by Gasteiger charge is -2.16. The maximum atomic E-state index is 11.3. The van der Waals surface area contributed by atoms with Gasteiger partial charge in [0.2, 0.25) is 0 Å². The van der Waals surface area contributed by atoms with E-state index in [0.717, 1.165) is 31.6 Å². The molecule has 0 aliphatic rings. The summed E-state index contributed by atoms with van der Waals surface area (Å²) in [7, 11) is 0. The molecule has 0 aliphatic carbocycles. The molecule has 19 heavy (non-hydrogen) atoms. The lowest BCUT2D eigenvalue weighted by atomic mass is 9.89. The molecule has 0 heterocycles. The van der Waals surface area contributed by atoms with Crippen molar-refractivity contribution in [3.63, 3.8) is 0 Å². The molecule has 0 rings (SSSR count). The van der Waals surface area contributed by atoms with Crippen LogP contribution < -0.4 is 0 Å². The van der Waals surface area contributed by atoms with Crippen LogP contribution in [0.3, 0.4) is 0 Å². The van der Waals surface area contributed by atoms with Gasteiger partial charge in [-0.1, -0.05) is 66.2 Å². The average molecular weight is 270 g/mol. The Hall–Kier alpha value is -0.530. The molecule has 0 aliphatic heterocycles. The van der Waals surface area contributed by atoms with E-state index in [1.807, 2.05) is 0 Å². The maximum Gasteiger partial charge on any atom is 0.306 e. The van der Waals surface area contributed by atoms with Crippen LogP contribution in [0.25, 0.3) is 0 Å². The Balaban J connectivity index is 3.89. The van der Waals surface area contributed by atoms with Crippen LogP contribution in [0.2, 0.25) is 0 Å². The number of carboxylic acids is 1. The topological polar surface area (TPSA) is 37.3 Å². The zero-order chi connectivity index (χ0) is 14.7. The molecular weight excluding hydrogens is 236 g/mol. The van der Waals surface area contributed by atoms with Gasteiger partial charge in [0.1, 0.15) is 0 Å². The van der Waals surface area contributed by atoms with Gasteiger partial charge in [0.25, 0.3) is 0 Å². The summed E-state index contributed by atoms with van der Waals surface area (Å²) in [5.41, 5.74) is 0. The first-order chi connectivity index (χ1) is 9.01. The fraction of sp³-hybridized carbons (Fsp3) is 0.941. The maximum absolute atomic E-state index is 11.3. The number of rotatable bonds is 12. The molecule has 0 aromatic rings. The van der Waals surface area contributed by atoms with Gasteiger partial charge in [0.05, 0.1) is 5.92 Å². The van der Waals surface area contributed by atoms with Gasteiger partial charge >= 0.3 is 5.97 Å². The van der Waals surface area contributed by atoms with E-state index in [1.165, 1.54) is 32.1 Å². The zero-order valence-electron chi connectivity index (χ0n) is 13.5. The lowest BCUT2D eigenvalue weighted by molar-refractivity contribution is -0.142. The molecule has 0 saturated heterocycles. The van der Waals surface area contributed by atoms with Crippen molar-refractivity contribution < 1.29 is 9.90 Å². The standard InChI is InChI=1S/C17H34O2/c1-5-8-14(3)10-7-11-16(17(18)19)13-12-15(4)9-6-2/h14-16H,5-13H2,1-4H3,(H,18,19). The molecule has 0 amide bonds. The first-order valence-corrected chi connectivity index (χ1v) is 8.23. The molecule has 0 bridgehead atoms. The Kier molecular flexibility index (Phi) is 11.0. The zero-order valence-corrected chi connectivity index (χ0v) is 13.5. The quantitative estimate of drug-likeness (QED) is 0.507. The molecule has 3 unspecified atom stereocenters. The summed E-state index contributed by atoms with van der Waals surface area (Å²) in [6, 6.07) is 0. The molecule has 0 saturated carbocycles. The van der Waals surface area contributed by atoms with Crippen LogP contribution in [-0.2, 0) is 4.79 Å². The highest BCUT2D eigenvalue weighted by Crippen LogP contribution is 2.23. The molecular formula is C17H34O2. The highest BCUT2D eigenvalue weighted by atomic mass is 16.4. The third-order valence-electron chi connectivity index (χ3n) is 4.17. The van der Waals surface area contributed by atoms with Crippen molar-refractivity contribution in [3.05, 3.63) is 0 Å². The van der Waals surface area contributed by atoms with Gasteiger partial charge in [0, 0.05) is 0 Å². The van der Waals surface area contributed by atoms with Gasteiger partial charge in [-0.3, -0.25) is 4.79 Å². The van der Waals surface area contributed by atoms with E-state index in [0.29, 0.717) is 5.92 Å². The van der Waals surface area contributed by atoms with E-state index >= 15 is 0 Å². The molecule has 0 aromatic heterocycles. The molecule has 0 radical (unpaired) electrons. The molecule has 3 atom stereocenters. The summed E-state index contributed by atoms with van der Waals surface area (Å²) in [6.45, 7) is 8.93. The molecule has 2 heteroatoms. The van der Waals surface area contributed by atoms with Crippen molar-refractivity contribution in [2.75, 3.05) is 0 Å². The van der Waals surface area contributed by atoms with Crippen LogP contribution in [0.1, 0.15) is 85.5 Å². The molecule has 2 nitrogen and oxygen atoms in total. The van der Waals surface area contributed by atoms with E-state index in [2.05, 4.69) is 27.7 Å². The van der Waals surface area contributed by atoms with E-state index in [-0.39, 0.29) is 5.92 Å². The summed E-state index contributed by atoms with van der Waals surface area (Å²) in [5, 5.41) is 9.28. The second-order valence-electron chi connectivity index (χ2n) is 6.33. The van der Waals surface area contributed by atoms with Gasteiger partial charge in [-0.2, -0.15) is 0 Å². The second kappa shape index (κ2) is 11.3. The minimum absolute atomic E-state index is 0.117. The van der Waals surface area contributed by atoms with Crippen LogP contribution in [0.15, 0.2) is 0 Å². The van der Waals surface area contributed by atoms with Crippen LogP contribution >= 0.6 is 0 Å². The van der Waals surface area contributed by atoms with Gasteiger partial charge in [0.15, 0.2) is 0 Å². The Morgan fingerprint density at radius 3 is 1.84 bits per heavy atom. The van der Waals surface area contributed by atoms with Crippen LogP contribution in [0.5, 0.6) is 0 Å². The fourth-order valence-corrected chi connectivity index (χ4v) is 2.86. The number of hydrogen-bond donors (Lipinski definition) is 1. The number of carboxylic acid groups (broad SMARTS) is 1. The average Bonchev–Trinajstić information content (AvgIpc) is 2.33. The third kappa shape index (κ3) is 9.98. The largest absolute Gasteiger partial charge is 0.481 e. The summed E-state index contributed by atoms with van der Waals surface area (Å²) >= 11 is 0. The molecule has 0 fully saturated rings. The number of carbonyl (C=O) groups is 1. The van der Waals surface area contributed by atoms with Crippen molar-refractivity contribution in [3.8, 4) is 0 Å². The minimum atomic E-state index is -0.591. The third-order valence-corrected chi connectivity index (χ3v) is 4.17. The first kappa shape index (κ1) is 18.5. The van der Waals surface area contributed by atoms with Crippen molar-refractivity contribution in [2.24, 2.45) is 17.8 Å². The molecule has 1 N–H and O–H groups in total. The van der Waals surface area contributed by atoms with Gasteiger partial charge in [-0.15, -0.1) is 0 Å². The molecule has 0 aromatic carbocycles. The fourth-order valence-electron chi connectivity index (χ4n) is 2.86. The van der Waals surface area contributed by atoms with E-state index in [1.54, 1.807) is 0 Å². The normalized spacial score (nSPS) is 16.0. The van der Waals surface area contributed by atoms with E-state index in [4.69, 9.17) is 0 Å². The minimum Gasteiger partial charge on any atom is -0.481 e. The Bertz CT molecular complexity index is 225. The summed E-state index contributed by atoms with van der Waals surface area (Å²) < 4.78 is 0. The van der Waals surface area contributed by atoms with Crippen LogP contribution in [0, 0.1) is 17.8 Å².